The number of anilines is 1. The quantitative estimate of drug-likeness (QED) is 0.869. The van der Waals surface area contributed by atoms with Gasteiger partial charge in [0.25, 0.3) is 0 Å². The summed E-state index contributed by atoms with van der Waals surface area (Å²) in [5.41, 5.74) is 6.39. The summed E-state index contributed by atoms with van der Waals surface area (Å²) >= 11 is 0. The molecule has 1 unspecified atom stereocenters. The van der Waals surface area contributed by atoms with Crippen molar-refractivity contribution in [2.45, 2.75) is 12.3 Å². The zero-order valence-electron chi connectivity index (χ0n) is 10.1. The molecule has 3 rings (SSSR count). The van der Waals surface area contributed by atoms with Crippen LogP contribution in [0.15, 0.2) is 42.5 Å². The fourth-order valence-electron chi connectivity index (χ4n) is 2.13. The maximum atomic E-state index is 13.6. The van der Waals surface area contributed by atoms with E-state index in [9.17, 15) is 4.39 Å². The van der Waals surface area contributed by atoms with Gasteiger partial charge >= 0.3 is 0 Å². The second kappa shape index (κ2) is 5.36. The summed E-state index contributed by atoms with van der Waals surface area (Å²) in [4.78, 5) is 8.63. The number of hydrogen-bond acceptors (Lipinski definition) is 3. The zero-order valence-corrected chi connectivity index (χ0v) is 10.9. The van der Waals surface area contributed by atoms with Crippen molar-refractivity contribution in [2.24, 2.45) is 0 Å². The van der Waals surface area contributed by atoms with Crippen molar-refractivity contribution < 1.29 is 4.39 Å². The molecule has 1 aliphatic carbocycles. The summed E-state index contributed by atoms with van der Waals surface area (Å²) < 4.78 is 13.6. The van der Waals surface area contributed by atoms with Gasteiger partial charge in [-0.15, -0.1) is 12.4 Å². The summed E-state index contributed by atoms with van der Waals surface area (Å²) in [5, 5.41) is 0.302. The normalized spacial score (nSPS) is 17.4. The lowest BCUT2D eigenvalue weighted by molar-refractivity contribution is 0.639. The van der Waals surface area contributed by atoms with Gasteiger partial charge in [0.1, 0.15) is 17.5 Å². The highest BCUT2D eigenvalue weighted by Gasteiger charge is 2.15. The number of fused-ring (bicyclic) bond motifs is 1. The van der Waals surface area contributed by atoms with Gasteiger partial charge in [-0.1, -0.05) is 30.4 Å². The number of aromatic nitrogens is 2. The molecule has 2 N–H and O–H groups in total. The number of rotatable bonds is 1. The van der Waals surface area contributed by atoms with Gasteiger partial charge in [0.05, 0.1) is 10.9 Å². The Balaban J connectivity index is 0.00000133. The van der Waals surface area contributed by atoms with Gasteiger partial charge in [-0.25, -0.2) is 14.4 Å². The van der Waals surface area contributed by atoms with Crippen LogP contribution in [0.1, 0.15) is 18.2 Å². The molecule has 1 aliphatic rings. The molecule has 0 amide bonds. The molecule has 0 spiro atoms. The first-order valence-corrected chi connectivity index (χ1v) is 5.80. The molecule has 0 fully saturated rings. The number of allylic oxidation sites excluding steroid dienone is 4. The molecule has 98 valence electrons. The Morgan fingerprint density at radius 2 is 2.05 bits per heavy atom. The van der Waals surface area contributed by atoms with Gasteiger partial charge in [0.15, 0.2) is 0 Å². The number of nitrogen functional groups attached to an aromatic ring is 1. The second-order valence-electron chi connectivity index (χ2n) is 4.26. The SMILES string of the molecule is Cl.Nc1nc(C2C=CC=CC2)nc2cccc(F)c12. The second-order valence-corrected chi connectivity index (χ2v) is 4.26. The third kappa shape index (κ3) is 2.44. The predicted molar refractivity (Wildman–Crippen MR) is 76.8 cm³/mol. The molecule has 2 aromatic rings. The Morgan fingerprint density at radius 3 is 2.79 bits per heavy atom. The van der Waals surface area contributed by atoms with Crippen LogP contribution < -0.4 is 5.73 Å². The average molecular weight is 278 g/mol. The fraction of sp³-hybridized carbons (Fsp3) is 0.143. The lowest BCUT2D eigenvalue weighted by Crippen LogP contribution is -2.06. The van der Waals surface area contributed by atoms with Crippen molar-refractivity contribution in [3.8, 4) is 0 Å². The van der Waals surface area contributed by atoms with E-state index in [2.05, 4.69) is 16.0 Å². The van der Waals surface area contributed by atoms with Crippen molar-refractivity contribution in [2.75, 3.05) is 5.73 Å². The fourth-order valence-corrected chi connectivity index (χ4v) is 2.13. The highest BCUT2D eigenvalue weighted by molar-refractivity contribution is 5.88. The Bertz CT molecular complexity index is 667. The van der Waals surface area contributed by atoms with E-state index in [1.807, 2.05) is 18.2 Å². The highest BCUT2D eigenvalue weighted by Crippen LogP contribution is 2.27. The number of hydrogen-bond donors (Lipinski definition) is 1. The molecule has 0 saturated heterocycles. The Morgan fingerprint density at radius 1 is 1.21 bits per heavy atom. The van der Waals surface area contributed by atoms with Crippen LogP contribution in [0.2, 0.25) is 0 Å². The smallest absolute Gasteiger partial charge is 0.138 e. The molecular formula is C14H13ClFN3. The lowest BCUT2D eigenvalue weighted by atomic mass is 10.00. The lowest BCUT2D eigenvalue weighted by Gasteiger charge is -2.13. The minimum atomic E-state index is -0.379. The minimum absolute atomic E-state index is 0. The molecule has 0 aliphatic heterocycles. The van der Waals surface area contributed by atoms with Crippen molar-refractivity contribution in [1.29, 1.82) is 0 Å². The largest absolute Gasteiger partial charge is 0.383 e. The molecule has 1 atom stereocenters. The maximum Gasteiger partial charge on any atom is 0.138 e. The summed E-state index contributed by atoms with van der Waals surface area (Å²) in [6.45, 7) is 0. The van der Waals surface area contributed by atoms with Crippen LogP contribution in [0.25, 0.3) is 10.9 Å². The summed E-state index contributed by atoms with van der Waals surface area (Å²) in [6, 6.07) is 4.75. The van der Waals surface area contributed by atoms with E-state index < -0.39 is 0 Å². The molecule has 1 heterocycles. The molecule has 0 bridgehead atoms. The molecule has 1 aromatic carbocycles. The van der Waals surface area contributed by atoms with Crippen LogP contribution in [-0.2, 0) is 0 Å². The summed E-state index contributed by atoms with van der Waals surface area (Å²) in [5.74, 6) is 0.586. The third-order valence-electron chi connectivity index (χ3n) is 3.03. The molecule has 0 saturated carbocycles. The van der Waals surface area contributed by atoms with E-state index in [0.717, 1.165) is 6.42 Å². The molecule has 5 heteroatoms. The van der Waals surface area contributed by atoms with Gasteiger partial charge in [-0.05, 0) is 18.6 Å². The van der Waals surface area contributed by atoms with Crippen molar-refractivity contribution in [3.63, 3.8) is 0 Å². The molecule has 0 radical (unpaired) electrons. The topological polar surface area (TPSA) is 51.8 Å². The monoisotopic (exact) mass is 277 g/mol. The van der Waals surface area contributed by atoms with Crippen molar-refractivity contribution in [3.05, 3.63) is 54.1 Å². The first kappa shape index (κ1) is 13.5. The van der Waals surface area contributed by atoms with E-state index in [1.165, 1.54) is 6.07 Å². The van der Waals surface area contributed by atoms with Gasteiger partial charge in [0, 0.05) is 5.92 Å². The van der Waals surface area contributed by atoms with Gasteiger partial charge in [0.2, 0.25) is 0 Å². The predicted octanol–water partition coefficient (Wildman–Crippen LogP) is 3.37. The summed E-state index contributed by atoms with van der Waals surface area (Å²) in [6.07, 6.45) is 8.88. The number of nitrogens with zero attached hydrogens (tertiary/aromatic N) is 2. The van der Waals surface area contributed by atoms with Crippen LogP contribution in [0.4, 0.5) is 10.2 Å². The van der Waals surface area contributed by atoms with E-state index in [1.54, 1.807) is 12.1 Å². The Hall–Kier alpha value is -1.94. The van der Waals surface area contributed by atoms with Gasteiger partial charge < -0.3 is 5.73 Å². The molecule has 19 heavy (non-hydrogen) atoms. The van der Waals surface area contributed by atoms with Crippen molar-refractivity contribution in [1.82, 2.24) is 9.97 Å². The third-order valence-corrected chi connectivity index (χ3v) is 3.03. The number of halogens is 2. The Labute approximate surface area is 116 Å². The highest BCUT2D eigenvalue weighted by atomic mass is 35.5. The Kier molecular flexibility index (Phi) is 3.81. The summed E-state index contributed by atoms with van der Waals surface area (Å²) in [7, 11) is 0. The molecule has 3 nitrogen and oxygen atoms in total. The maximum absolute atomic E-state index is 13.6. The zero-order chi connectivity index (χ0) is 12.5. The minimum Gasteiger partial charge on any atom is -0.383 e. The van der Waals surface area contributed by atoms with Crippen LogP contribution >= 0.6 is 12.4 Å². The van der Waals surface area contributed by atoms with Crippen LogP contribution in [-0.4, -0.2) is 9.97 Å². The number of benzene rings is 1. The van der Waals surface area contributed by atoms with Crippen LogP contribution in [0, 0.1) is 5.82 Å². The first-order valence-electron chi connectivity index (χ1n) is 5.80. The van der Waals surface area contributed by atoms with Crippen LogP contribution in [0.3, 0.4) is 0 Å². The van der Waals surface area contributed by atoms with E-state index in [-0.39, 0.29) is 30.0 Å². The van der Waals surface area contributed by atoms with E-state index in [0.29, 0.717) is 16.7 Å². The van der Waals surface area contributed by atoms with E-state index in [4.69, 9.17) is 5.73 Å². The average Bonchev–Trinajstić information content (AvgIpc) is 2.39. The van der Waals surface area contributed by atoms with Crippen LogP contribution in [0.5, 0.6) is 0 Å². The van der Waals surface area contributed by atoms with Gasteiger partial charge in [-0.3, -0.25) is 0 Å². The van der Waals surface area contributed by atoms with Crippen molar-refractivity contribution >= 4 is 29.1 Å². The molecular weight excluding hydrogens is 265 g/mol. The molecule has 1 aromatic heterocycles. The first-order chi connectivity index (χ1) is 8.75. The van der Waals surface area contributed by atoms with E-state index >= 15 is 0 Å². The standard InChI is InChI=1S/C14H12FN3.ClH/c15-10-7-4-8-11-12(10)13(16)18-14(17-11)9-5-2-1-3-6-9;/h1-5,7-9H,6H2,(H2,16,17,18);1H. The number of nitrogens with two attached hydrogens (primary N) is 1. The van der Waals surface area contributed by atoms with Gasteiger partial charge in [-0.2, -0.15) is 0 Å².